The number of rotatable bonds is 7. The van der Waals surface area contributed by atoms with Crippen molar-refractivity contribution in [3.8, 4) is 5.88 Å². The number of hydrogen-bond donors (Lipinski definition) is 2. The maximum atomic E-state index is 9.24. The highest BCUT2D eigenvalue weighted by Crippen LogP contribution is 2.16. The standard InChI is InChI=1S/C12H21N3O2S/c1-5-17-11-6-8(2)13-12(15-11)14-9(3)10(7-16)18-4/h6,9-10,16H,5,7H2,1-4H3,(H,13,14,15). The van der Waals surface area contributed by atoms with Gasteiger partial charge in [0, 0.05) is 23.1 Å². The number of nitrogens with zero attached hydrogens (tertiary/aromatic N) is 2. The van der Waals surface area contributed by atoms with Crippen LogP contribution in [0.2, 0.25) is 0 Å². The number of aliphatic hydroxyl groups excluding tert-OH is 1. The van der Waals surface area contributed by atoms with Crippen LogP contribution in [0.15, 0.2) is 6.07 Å². The van der Waals surface area contributed by atoms with Gasteiger partial charge < -0.3 is 15.2 Å². The fraction of sp³-hybridized carbons (Fsp3) is 0.667. The molecule has 0 saturated carbocycles. The van der Waals surface area contributed by atoms with E-state index in [1.54, 1.807) is 17.8 Å². The van der Waals surface area contributed by atoms with Gasteiger partial charge in [0.2, 0.25) is 11.8 Å². The van der Waals surface area contributed by atoms with E-state index >= 15 is 0 Å². The van der Waals surface area contributed by atoms with E-state index in [-0.39, 0.29) is 17.9 Å². The van der Waals surface area contributed by atoms with Crippen LogP contribution in [0, 0.1) is 6.92 Å². The molecule has 6 heteroatoms. The van der Waals surface area contributed by atoms with E-state index in [9.17, 15) is 5.11 Å². The van der Waals surface area contributed by atoms with Crippen molar-refractivity contribution in [2.45, 2.75) is 32.1 Å². The molecule has 2 atom stereocenters. The summed E-state index contributed by atoms with van der Waals surface area (Å²) in [7, 11) is 0. The Balaban J connectivity index is 2.77. The lowest BCUT2D eigenvalue weighted by atomic mass is 10.2. The van der Waals surface area contributed by atoms with Crippen molar-refractivity contribution in [3.05, 3.63) is 11.8 Å². The first-order valence-corrected chi connectivity index (χ1v) is 7.28. The lowest BCUT2D eigenvalue weighted by Gasteiger charge is -2.21. The van der Waals surface area contributed by atoms with Crippen LogP contribution in [0.4, 0.5) is 5.95 Å². The summed E-state index contributed by atoms with van der Waals surface area (Å²) in [5, 5.41) is 12.6. The van der Waals surface area contributed by atoms with Gasteiger partial charge in [-0.2, -0.15) is 16.7 Å². The Morgan fingerprint density at radius 1 is 1.50 bits per heavy atom. The highest BCUT2D eigenvalue weighted by molar-refractivity contribution is 7.99. The van der Waals surface area contributed by atoms with Gasteiger partial charge >= 0.3 is 0 Å². The topological polar surface area (TPSA) is 67.3 Å². The molecule has 1 aromatic rings. The minimum absolute atomic E-state index is 0.0845. The highest BCUT2D eigenvalue weighted by atomic mass is 32.2. The van der Waals surface area contributed by atoms with Crippen molar-refractivity contribution in [2.24, 2.45) is 0 Å². The minimum atomic E-state index is 0.0845. The average molecular weight is 271 g/mol. The molecule has 0 spiro atoms. The van der Waals surface area contributed by atoms with Crippen LogP contribution in [0.25, 0.3) is 0 Å². The molecule has 1 rings (SSSR count). The number of nitrogens with one attached hydrogen (secondary N) is 1. The number of anilines is 1. The quantitative estimate of drug-likeness (QED) is 0.787. The summed E-state index contributed by atoms with van der Waals surface area (Å²) in [6.45, 7) is 6.53. The van der Waals surface area contributed by atoms with Crippen LogP contribution >= 0.6 is 11.8 Å². The van der Waals surface area contributed by atoms with E-state index in [2.05, 4.69) is 15.3 Å². The maximum Gasteiger partial charge on any atom is 0.226 e. The van der Waals surface area contributed by atoms with Gasteiger partial charge in [-0.1, -0.05) is 0 Å². The molecule has 2 unspecified atom stereocenters. The third kappa shape index (κ3) is 4.34. The van der Waals surface area contributed by atoms with E-state index in [0.717, 1.165) is 5.69 Å². The summed E-state index contributed by atoms with van der Waals surface area (Å²) in [4.78, 5) is 8.59. The molecule has 0 aromatic carbocycles. The Morgan fingerprint density at radius 3 is 2.78 bits per heavy atom. The molecular formula is C12H21N3O2S. The van der Waals surface area contributed by atoms with Crippen LogP contribution in [0.1, 0.15) is 19.5 Å². The molecule has 0 radical (unpaired) electrons. The molecule has 1 aromatic heterocycles. The first kappa shape index (κ1) is 15.0. The van der Waals surface area contributed by atoms with E-state index in [1.165, 1.54) is 0 Å². The first-order valence-electron chi connectivity index (χ1n) is 5.99. The van der Waals surface area contributed by atoms with Crippen LogP contribution in [-0.4, -0.2) is 45.8 Å². The monoisotopic (exact) mass is 271 g/mol. The van der Waals surface area contributed by atoms with Crippen LogP contribution in [0.5, 0.6) is 5.88 Å². The molecule has 0 aliphatic carbocycles. The Hall–Kier alpha value is -1.01. The van der Waals surface area contributed by atoms with Gasteiger partial charge in [-0.25, -0.2) is 4.98 Å². The van der Waals surface area contributed by atoms with Crippen LogP contribution in [0.3, 0.4) is 0 Å². The van der Waals surface area contributed by atoms with Crippen LogP contribution < -0.4 is 10.1 Å². The van der Waals surface area contributed by atoms with E-state index < -0.39 is 0 Å². The van der Waals surface area contributed by atoms with Gasteiger partial charge in [-0.3, -0.25) is 0 Å². The maximum absolute atomic E-state index is 9.24. The van der Waals surface area contributed by atoms with E-state index in [4.69, 9.17) is 4.74 Å². The van der Waals surface area contributed by atoms with Crippen molar-refractivity contribution < 1.29 is 9.84 Å². The molecule has 0 aliphatic heterocycles. The largest absolute Gasteiger partial charge is 0.478 e. The molecule has 1 heterocycles. The molecule has 0 bridgehead atoms. The second-order valence-electron chi connectivity index (χ2n) is 3.99. The lowest BCUT2D eigenvalue weighted by molar-refractivity contribution is 0.288. The third-order valence-electron chi connectivity index (χ3n) is 2.52. The fourth-order valence-electron chi connectivity index (χ4n) is 1.56. The third-order valence-corrected chi connectivity index (χ3v) is 3.68. The van der Waals surface area contributed by atoms with Crippen molar-refractivity contribution >= 4 is 17.7 Å². The molecule has 18 heavy (non-hydrogen) atoms. The zero-order valence-corrected chi connectivity index (χ0v) is 12.1. The number of ether oxygens (including phenoxy) is 1. The molecule has 5 nitrogen and oxygen atoms in total. The summed E-state index contributed by atoms with van der Waals surface area (Å²) in [6.07, 6.45) is 1.97. The first-order chi connectivity index (χ1) is 8.60. The molecular weight excluding hydrogens is 250 g/mol. The van der Waals surface area contributed by atoms with E-state index in [0.29, 0.717) is 18.4 Å². The summed E-state index contributed by atoms with van der Waals surface area (Å²) in [6, 6.07) is 1.89. The lowest BCUT2D eigenvalue weighted by Crippen LogP contribution is -2.31. The molecule has 0 amide bonds. The summed E-state index contributed by atoms with van der Waals surface area (Å²) in [5.74, 6) is 1.11. The SMILES string of the molecule is CCOc1cc(C)nc(NC(C)C(CO)SC)n1. The van der Waals surface area contributed by atoms with Gasteiger partial charge in [-0.15, -0.1) is 0 Å². The Kier molecular flexibility index (Phi) is 6.21. The van der Waals surface area contributed by atoms with Crippen molar-refractivity contribution in [3.63, 3.8) is 0 Å². The Bertz CT molecular complexity index is 372. The summed E-state index contributed by atoms with van der Waals surface area (Å²) in [5.41, 5.74) is 0.854. The number of aliphatic hydroxyl groups is 1. The number of aromatic nitrogens is 2. The normalized spacial score (nSPS) is 14.1. The van der Waals surface area contributed by atoms with Gasteiger partial charge in [-0.05, 0) is 27.0 Å². The van der Waals surface area contributed by atoms with Crippen LogP contribution in [-0.2, 0) is 0 Å². The predicted molar refractivity (Wildman–Crippen MR) is 75.4 cm³/mol. The smallest absolute Gasteiger partial charge is 0.226 e. The van der Waals surface area contributed by atoms with Gasteiger partial charge in [0.15, 0.2) is 0 Å². The second kappa shape index (κ2) is 7.43. The summed E-state index contributed by atoms with van der Waals surface area (Å²) < 4.78 is 5.38. The van der Waals surface area contributed by atoms with E-state index in [1.807, 2.05) is 27.0 Å². The van der Waals surface area contributed by atoms with Gasteiger partial charge in [0.05, 0.1) is 13.2 Å². The second-order valence-corrected chi connectivity index (χ2v) is 5.07. The Morgan fingerprint density at radius 2 is 2.22 bits per heavy atom. The zero-order chi connectivity index (χ0) is 13.5. The number of hydrogen-bond acceptors (Lipinski definition) is 6. The molecule has 0 aliphatic rings. The number of aryl methyl sites for hydroxylation is 1. The van der Waals surface area contributed by atoms with Gasteiger partial charge in [0.1, 0.15) is 0 Å². The summed E-state index contributed by atoms with van der Waals surface area (Å²) >= 11 is 1.62. The molecule has 0 fully saturated rings. The highest BCUT2D eigenvalue weighted by Gasteiger charge is 2.16. The minimum Gasteiger partial charge on any atom is -0.478 e. The molecule has 0 saturated heterocycles. The Labute approximate surface area is 112 Å². The predicted octanol–water partition coefficient (Wildman–Crippen LogP) is 1.71. The molecule has 2 N–H and O–H groups in total. The molecule has 102 valence electrons. The van der Waals surface area contributed by atoms with Crippen molar-refractivity contribution in [1.82, 2.24) is 9.97 Å². The van der Waals surface area contributed by atoms with Crippen molar-refractivity contribution in [1.29, 1.82) is 0 Å². The fourth-order valence-corrected chi connectivity index (χ4v) is 2.18. The van der Waals surface area contributed by atoms with Crippen molar-refractivity contribution in [2.75, 3.05) is 24.8 Å². The van der Waals surface area contributed by atoms with Gasteiger partial charge in [0.25, 0.3) is 0 Å². The zero-order valence-electron chi connectivity index (χ0n) is 11.3. The average Bonchev–Trinajstić information content (AvgIpc) is 2.30. The number of thioether (sulfide) groups is 1.